The van der Waals surface area contributed by atoms with E-state index in [-0.39, 0.29) is 22.6 Å². The topological polar surface area (TPSA) is 88.1 Å². The molecule has 9 heteroatoms. The van der Waals surface area contributed by atoms with E-state index in [1.165, 1.54) is 25.5 Å². The summed E-state index contributed by atoms with van der Waals surface area (Å²) in [5.74, 6) is -0.392. The van der Waals surface area contributed by atoms with Gasteiger partial charge in [0.25, 0.3) is 5.56 Å². The summed E-state index contributed by atoms with van der Waals surface area (Å²) in [5.41, 5.74) is 1.15. The van der Waals surface area contributed by atoms with Gasteiger partial charge in [0.05, 0.1) is 30.3 Å². The van der Waals surface area contributed by atoms with Crippen molar-refractivity contribution >= 4 is 27.5 Å². The van der Waals surface area contributed by atoms with Crippen LogP contribution in [0.3, 0.4) is 0 Å². The molecule has 0 aliphatic carbocycles. The van der Waals surface area contributed by atoms with E-state index in [1.54, 1.807) is 9.25 Å². The van der Waals surface area contributed by atoms with Gasteiger partial charge in [-0.15, -0.1) is 11.3 Å². The van der Waals surface area contributed by atoms with Gasteiger partial charge in [0.2, 0.25) is 0 Å². The Bertz CT molecular complexity index is 1180. The molecule has 0 amide bonds. The Morgan fingerprint density at radius 2 is 1.96 bits per heavy atom. The van der Waals surface area contributed by atoms with Gasteiger partial charge in [-0.1, -0.05) is 13.8 Å². The lowest BCUT2D eigenvalue weighted by molar-refractivity contribution is 0.0602. The average Bonchev–Trinajstić information content (AvgIpc) is 3.16. The molecule has 3 aromatic rings. The van der Waals surface area contributed by atoms with Gasteiger partial charge in [-0.25, -0.2) is 9.59 Å². The molecule has 0 atom stereocenters. The van der Waals surface area contributed by atoms with Crippen molar-refractivity contribution in [1.82, 2.24) is 18.9 Å². The van der Waals surface area contributed by atoms with Crippen molar-refractivity contribution in [3.05, 3.63) is 48.7 Å². The van der Waals surface area contributed by atoms with E-state index in [0.29, 0.717) is 22.8 Å². The minimum Gasteiger partial charge on any atom is -0.465 e. The van der Waals surface area contributed by atoms with Gasteiger partial charge in [-0.05, 0) is 25.8 Å². The number of carbonyl (C=O) groups is 1. The molecule has 0 aliphatic heterocycles. The fourth-order valence-electron chi connectivity index (χ4n) is 3.30. The first kappa shape index (κ1) is 20.1. The van der Waals surface area contributed by atoms with Crippen LogP contribution in [0.5, 0.6) is 0 Å². The Kier molecular flexibility index (Phi) is 5.29. The number of thiophene rings is 1. The normalized spacial score (nSPS) is 11.5. The SMILES string of the molecule is COC(=O)c1c(Cn2nc(C)cc2C)sc2c1c(=O)n(C)c(=O)n2CC(C)C. The number of rotatable bonds is 5. The van der Waals surface area contributed by atoms with Crippen LogP contribution in [0.15, 0.2) is 15.7 Å². The number of carbonyl (C=O) groups excluding carboxylic acids is 1. The molecule has 0 aliphatic rings. The number of aromatic nitrogens is 4. The average molecular weight is 404 g/mol. The van der Waals surface area contributed by atoms with Crippen LogP contribution in [0.4, 0.5) is 0 Å². The van der Waals surface area contributed by atoms with Crippen LogP contribution in [0.1, 0.15) is 40.5 Å². The number of nitrogens with zero attached hydrogens (tertiary/aromatic N) is 4. The molecule has 3 heterocycles. The molecule has 150 valence electrons. The van der Waals surface area contributed by atoms with Gasteiger partial charge in [0, 0.05) is 24.2 Å². The quantitative estimate of drug-likeness (QED) is 0.608. The predicted octanol–water partition coefficient (Wildman–Crippen LogP) is 2.07. The highest BCUT2D eigenvalue weighted by molar-refractivity contribution is 7.19. The molecule has 28 heavy (non-hydrogen) atoms. The lowest BCUT2D eigenvalue weighted by Crippen LogP contribution is -2.38. The van der Waals surface area contributed by atoms with Gasteiger partial charge in [-0.3, -0.25) is 18.6 Å². The number of aryl methyl sites for hydroxylation is 2. The molecule has 0 bridgehead atoms. The molecule has 0 fully saturated rings. The van der Waals surface area contributed by atoms with E-state index in [0.717, 1.165) is 16.0 Å². The zero-order chi connectivity index (χ0) is 20.7. The summed E-state index contributed by atoms with van der Waals surface area (Å²) in [6.45, 7) is 8.58. The van der Waals surface area contributed by atoms with Crippen molar-refractivity contribution in [2.45, 2.75) is 40.8 Å². The van der Waals surface area contributed by atoms with E-state index in [4.69, 9.17) is 4.74 Å². The van der Waals surface area contributed by atoms with Crippen molar-refractivity contribution in [3.63, 3.8) is 0 Å². The summed E-state index contributed by atoms with van der Waals surface area (Å²) in [6, 6.07) is 1.94. The van der Waals surface area contributed by atoms with Crippen molar-refractivity contribution in [1.29, 1.82) is 0 Å². The molecule has 3 aromatic heterocycles. The summed E-state index contributed by atoms with van der Waals surface area (Å²) in [5, 5.41) is 4.68. The first-order valence-electron chi connectivity index (χ1n) is 9.00. The second-order valence-corrected chi connectivity index (χ2v) is 8.39. The minimum absolute atomic E-state index is 0.196. The van der Waals surface area contributed by atoms with E-state index >= 15 is 0 Å². The molecule has 3 rings (SSSR count). The van der Waals surface area contributed by atoms with E-state index in [2.05, 4.69) is 5.10 Å². The summed E-state index contributed by atoms with van der Waals surface area (Å²) < 4.78 is 9.37. The first-order chi connectivity index (χ1) is 13.1. The fraction of sp³-hybridized carbons (Fsp3) is 0.474. The fourth-order valence-corrected chi connectivity index (χ4v) is 4.56. The van der Waals surface area contributed by atoms with Gasteiger partial charge < -0.3 is 4.74 Å². The Labute approximate surface area is 166 Å². The summed E-state index contributed by atoms with van der Waals surface area (Å²) in [7, 11) is 2.72. The van der Waals surface area contributed by atoms with Crippen LogP contribution in [0.2, 0.25) is 0 Å². The zero-order valence-corrected chi connectivity index (χ0v) is 17.7. The highest BCUT2D eigenvalue weighted by atomic mass is 32.1. The third-order valence-electron chi connectivity index (χ3n) is 4.58. The lowest BCUT2D eigenvalue weighted by atomic mass is 10.1. The molecule has 0 spiro atoms. The smallest absolute Gasteiger partial charge is 0.339 e. The maximum atomic E-state index is 12.9. The number of ether oxygens (including phenoxy) is 1. The van der Waals surface area contributed by atoms with Gasteiger partial charge in [0.1, 0.15) is 4.83 Å². The monoisotopic (exact) mass is 404 g/mol. The van der Waals surface area contributed by atoms with Gasteiger partial charge >= 0.3 is 11.7 Å². The van der Waals surface area contributed by atoms with E-state index in [9.17, 15) is 14.4 Å². The van der Waals surface area contributed by atoms with Gasteiger partial charge in [-0.2, -0.15) is 5.10 Å². The van der Waals surface area contributed by atoms with Crippen molar-refractivity contribution in [2.24, 2.45) is 13.0 Å². The molecule has 8 nitrogen and oxygen atoms in total. The Balaban J connectivity index is 2.37. The largest absolute Gasteiger partial charge is 0.465 e. The highest BCUT2D eigenvalue weighted by Crippen LogP contribution is 2.30. The molecule has 0 unspecified atom stereocenters. The molecular weight excluding hydrogens is 380 g/mol. The standard InChI is InChI=1S/C19H24N4O4S/c1-10(2)8-22-17-15(16(24)21(5)19(22)26)14(18(25)27-6)13(28-17)9-23-12(4)7-11(3)20-23/h7,10H,8-9H2,1-6H3. The third-order valence-corrected chi connectivity index (χ3v) is 5.78. The molecular formula is C19H24N4O4S. The first-order valence-corrected chi connectivity index (χ1v) is 9.81. The molecule has 0 saturated carbocycles. The van der Waals surface area contributed by atoms with Crippen LogP contribution in [0.25, 0.3) is 10.2 Å². The Hall–Kier alpha value is -2.68. The second-order valence-electron chi connectivity index (χ2n) is 7.31. The lowest BCUT2D eigenvalue weighted by Gasteiger charge is -2.11. The maximum absolute atomic E-state index is 12.9. The van der Waals surface area contributed by atoms with Crippen LogP contribution in [0, 0.1) is 19.8 Å². The van der Waals surface area contributed by atoms with Crippen molar-refractivity contribution < 1.29 is 9.53 Å². The van der Waals surface area contributed by atoms with Crippen LogP contribution >= 0.6 is 11.3 Å². The Morgan fingerprint density at radius 1 is 1.29 bits per heavy atom. The van der Waals surface area contributed by atoms with Crippen LogP contribution in [-0.2, 0) is 24.9 Å². The third kappa shape index (κ3) is 3.30. The molecule has 0 saturated heterocycles. The summed E-state index contributed by atoms with van der Waals surface area (Å²) in [4.78, 5) is 39.3. The zero-order valence-electron chi connectivity index (χ0n) is 16.9. The van der Waals surface area contributed by atoms with Crippen LogP contribution in [-0.4, -0.2) is 32.0 Å². The maximum Gasteiger partial charge on any atom is 0.339 e. The number of methoxy groups -OCH3 is 1. The summed E-state index contributed by atoms with van der Waals surface area (Å²) in [6.07, 6.45) is 0. The van der Waals surface area contributed by atoms with E-state index < -0.39 is 11.5 Å². The molecule has 0 N–H and O–H groups in total. The number of fused-ring (bicyclic) bond motifs is 1. The van der Waals surface area contributed by atoms with Crippen molar-refractivity contribution in [3.8, 4) is 0 Å². The predicted molar refractivity (Wildman–Crippen MR) is 108 cm³/mol. The van der Waals surface area contributed by atoms with Crippen LogP contribution < -0.4 is 11.2 Å². The number of hydrogen-bond donors (Lipinski definition) is 0. The highest BCUT2D eigenvalue weighted by Gasteiger charge is 2.26. The number of esters is 1. The Morgan fingerprint density at radius 3 is 2.50 bits per heavy atom. The van der Waals surface area contributed by atoms with E-state index in [1.807, 2.05) is 33.8 Å². The van der Waals surface area contributed by atoms with Gasteiger partial charge in [0.15, 0.2) is 0 Å². The number of hydrogen-bond acceptors (Lipinski definition) is 6. The second kappa shape index (κ2) is 7.38. The minimum atomic E-state index is -0.588. The molecule has 0 radical (unpaired) electrons. The molecule has 0 aromatic carbocycles. The van der Waals surface area contributed by atoms with Crippen molar-refractivity contribution in [2.75, 3.05) is 7.11 Å². The summed E-state index contributed by atoms with van der Waals surface area (Å²) >= 11 is 1.27.